The third-order valence-corrected chi connectivity index (χ3v) is 2.23. The first-order valence-electron chi connectivity index (χ1n) is 5.83. The number of nitrogens with one attached hydrogen (secondary N) is 2. The zero-order valence-corrected chi connectivity index (χ0v) is 10.7. The van der Waals surface area contributed by atoms with Crippen LogP contribution < -0.4 is 10.6 Å². The van der Waals surface area contributed by atoms with Crippen molar-refractivity contribution >= 4 is 11.8 Å². The van der Waals surface area contributed by atoms with Gasteiger partial charge in [0, 0.05) is 29.8 Å². The van der Waals surface area contributed by atoms with Crippen molar-refractivity contribution in [3.05, 3.63) is 48.2 Å². The number of hydrogen-bond donors (Lipinski definition) is 2. The lowest BCUT2D eigenvalue weighted by Gasteiger charge is -2.17. The highest BCUT2D eigenvalue weighted by molar-refractivity contribution is 6.03. The van der Waals surface area contributed by atoms with Crippen LogP contribution in [0.25, 0.3) is 0 Å². The fourth-order valence-corrected chi connectivity index (χ4v) is 1.50. The van der Waals surface area contributed by atoms with Crippen LogP contribution >= 0.6 is 0 Å². The van der Waals surface area contributed by atoms with Crippen LogP contribution in [0.5, 0.6) is 0 Å². The maximum atomic E-state index is 11.8. The molecule has 1 aliphatic heterocycles. The van der Waals surface area contributed by atoms with Gasteiger partial charge in [-0.3, -0.25) is 9.59 Å². The van der Waals surface area contributed by atoms with Crippen LogP contribution in [0.1, 0.15) is 20.3 Å². The van der Waals surface area contributed by atoms with Crippen LogP contribution in [0.15, 0.2) is 48.2 Å². The number of rotatable bonds is 4. The zero-order chi connectivity index (χ0) is 13.5. The molecule has 2 N–H and O–H groups in total. The van der Waals surface area contributed by atoms with E-state index in [2.05, 4.69) is 17.2 Å². The molecule has 0 unspecified atom stereocenters. The number of carbonyl (C=O) groups excluding carboxylic acids is 2. The van der Waals surface area contributed by atoms with Crippen molar-refractivity contribution in [3.8, 4) is 0 Å². The van der Waals surface area contributed by atoms with E-state index >= 15 is 0 Å². The molecule has 0 aliphatic carbocycles. The summed E-state index contributed by atoms with van der Waals surface area (Å²) < 4.78 is 0. The monoisotopic (exact) mass is 246 g/mol. The molecule has 0 bridgehead atoms. The van der Waals surface area contributed by atoms with E-state index in [1.54, 1.807) is 24.3 Å². The van der Waals surface area contributed by atoms with Gasteiger partial charge in [0.1, 0.15) is 0 Å². The quantitative estimate of drug-likeness (QED) is 0.740. The maximum Gasteiger partial charge on any atom is 0.248 e. The number of amides is 2. The number of hydrogen-bond acceptors (Lipinski definition) is 2. The van der Waals surface area contributed by atoms with Crippen LogP contribution in [-0.2, 0) is 9.59 Å². The lowest BCUT2D eigenvalue weighted by atomic mass is 10.0. The second-order valence-corrected chi connectivity index (χ2v) is 4.28. The van der Waals surface area contributed by atoms with Gasteiger partial charge in [0.2, 0.25) is 11.8 Å². The molecule has 0 saturated carbocycles. The van der Waals surface area contributed by atoms with Gasteiger partial charge < -0.3 is 10.6 Å². The Balaban J connectivity index is 2.79. The highest BCUT2D eigenvalue weighted by Crippen LogP contribution is 2.14. The highest BCUT2D eigenvalue weighted by atomic mass is 16.2. The average molecular weight is 246 g/mol. The Kier molecular flexibility index (Phi) is 5.11. The molecule has 96 valence electrons. The smallest absolute Gasteiger partial charge is 0.248 e. The van der Waals surface area contributed by atoms with Gasteiger partial charge in [0.15, 0.2) is 0 Å². The molecule has 0 spiro atoms. The molecular weight excluding hydrogens is 228 g/mol. The van der Waals surface area contributed by atoms with Gasteiger partial charge in [0.25, 0.3) is 0 Å². The molecule has 4 heteroatoms. The molecule has 4 nitrogen and oxygen atoms in total. The standard InChI is InChI=1S/C14H18N2O2/c1-4-5-6-7-12-8-11(9-13(17)16-12)14(18)15-10(2)3/h4-7,9-10H,1,8H2,2-3H3,(H,15,18)(H,16,17)/b6-5-,12-7+. The summed E-state index contributed by atoms with van der Waals surface area (Å²) >= 11 is 0. The Morgan fingerprint density at radius 1 is 1.50 bits per heavy atom. The van der Waals surface area contributed by atoms with Crippen molar-refractivity contribution in [2.75, 3.05) is 0 Å². The summed E-state index contributed by atoms with van der Waals surface area (Å²) in [6, 6.07) is 0.0523. The fraction of sp³-hybridized carbons (Fsp3) is 0.286. The van der Waals surface area contributed by atoms with E-state index in [4.69, 9.17) is 0 Å². The van der Waals surface area contributed by atoms with E-state index in [0.29, 0.717) is 17.7 Å². The van der Waals surface area contributed by atoms with Crippen molar-refractivity contribution in [2.45, 2.75) is 26.3 Å². The number of allylic oxidation sites excluding steroid dienone is 5. The Hall–Kier alpha value is -2.10. The molecule has 0 aromatic carbocycles. The molecule has 2 amide bonds. The molecule has 0 radical (unpaired) electrons. The first-order chi connectivity index (χ1) is 8.52. The molecule has 0 atom stereocenters. The highest BCUT2D eigenvalue weighted by Gasteiger charge is 2.19. The molecule has 1 rings (SSSR count). The Bertz CT molecular complexity index is 443. The van der Waals surface area contributed by atoms with Crippen LogP contribution in [0.2, 0.25) is 0 Å². The van der Waals surface area contributed by atoms with E-state index < -0.39 is 0 Å². The van der Waals surface area contributed by atoms with E-state index in [1.807, 2.05) is 13.8 Å². The summed E-state index contributed by atoms with van der Waals surface area (Å²) in [6.07, 6.45) is 8.69. The predicted molar refractivity (Wildman–Crippen MR) is 71.5 cm³/mol. The molecular formula is C14H18N2O2. The normalized spacial score (nSPS) is 17.8. The first kappa shape index (κ1) is 14.0. The van der Waals surface area contributed by atoms with Crippen molar-refractivity contribution < 1.29 is 9.59 Å². The van der Waals surface area contributed by atoms with E-state index in [9.17, 15) is 9.59 Å². The zero-order valence-electron chi connectivity index (χ0n) is 10.7. The van der Waals surface area contributed by atoms with Gasteiger partial charge >= 0.3 is 0 Å². The van der Waals surface area contributed by atoms with Gasteiger partial charge in [-0.05, 0) is 19.9 Å². The first-order valence-corrected chi connectivity index (χ1v) is 5.83. The van der Waals surface area contributed by atoms with Gasteiger partial charge in [-0.15, -0.1) is 0 Å². The van der Waals surface area contributed by atoms with Crippen molar-refractivity contribution in [1.82, 2.24) is 10.6 Å². The molecule has 18 heavy (non-hydrogen) atoms. The molecule has 0 saturated heterocycles. The summed E-state index contributed by atoms with van der Waals surface area (Å²) in [6.45, 7) is 7.31. The molecule has 0 fully saturated rings. The minimum absolute atomic E-state index is 0.0523. The summed E-state index contributed by atoms with van der Waals surface area (Å²) in [4.78, 5) is 23.3. The van der Waals surface area contributed by atoms with Crippen LogP contribution in [0.3, 0.4) is 0 Å². The average Bonchev–Trinajstić information content (AvgIpc) is 2.27. The predicted octanol–water partition coefficient (Wildman–Crippen LogP) is 1.58. The third kappa shape index (κ3) is 4.41. The minimum atomic E-state index is -0.270. The van der Waals surface area contributed by atoms with E-state index in [1.165, 1.54) is 6.08 Å². The summed E-state index contributed by atoms with van der Waals surface area (Å²) in [7, 11) is 0. The summed E-state index contributed by atoms with van der Waals surface area (Å²) in [5.74, 6) is -0.466. The Morgan fingerprint density at radius 2 is 2.22 bits per heavy atom. The maximum absolute atomic E-state index is 11.8. The Morgan fingerprint density at radius 3 is 2.83 bits per heavy atom. The molecule has 0 aromatic heterocycles. The van der Waals surface area contributed by atoms with Gasteiger partial charge in [-0.2, -0.15) is 0 Å². The van der Waals surface area contributed by atoms with Crippen molar-refractivity contribution in [2.24, 2.45) is 0 Å². The third-order valence-electron chi connectivity index (χ3n) is 2.23. The van der Waals surface area contributed by atoms with Crippen LogP contribution in [0, 0.1) is 0 Å². The largest absolute Gasteiger partial charge is 0.350 e. The van der Waals surface area contributed by atoms with Crippen LogP contribution in [0.4, 0.5) is 0 Å². The van der Waals surface area contributed by atoms with E-state index in [0.717, 1.165) is 0 Å². The molecule has 1 aliphatic rings. The second kappa shape index (κ2) is 6.59. The summed E-state index contributed by atoms with van der Waals surface area (Å²) in [5, 5.41) is 5.47. The number of carbonyl (C=O) groups is 2. The Labute approximate surface area is 107 Å². The summed E-state index contributed by atoms with van der Waals surface area (Å²) in [5.41, 5.74) is 1.18. The molecule has 1 heterocycles. The van der Waals surface area contributed by atoms with E-state index in [-0.39, 0.29) is 17.9 Å². The van der Waals surface area contributed by atoms with Gasteiger partial charge in [-0.1, -0.05) is 24.8 Å². The van der Waals surface area contributed by atoms with Gasteiger partial charge in [-0.25, -0.2) is 0 Å². The lowest BCUT2D eigenvalue weighted by Crippen LogP contribution is -2.35. The topological polar surface area (TPSA) is 58.2 Å². The van der Waals surface area contributed by atoms with Gasteiger partial charge in [0.05, 0.1) is 0 Å². The van der Waals surface area contributed by atoms with Crippen molar-refractivity contribution in [1.29, 1.82) is 0 Å². The lowest BCUT2D eigenvalue weighted by molar-refractivity contribution is -0.120. The fourth-order valence-electron chi connectivity index (χ4n) is 1.50. The van der Waals surface area contributed by atoms with Crippen molar-refractivity contribution in [3.63, 3.8) is 0 Å². The SMILES string of the molecule is C=C/C=C\C=C1/CC(C(=O)NC(C)C)=CC(=O)N1. The van der Waals surface area contributed by atoms with Crippen LogP contribution in [-0.4, -0.2) is 17.9 Å². The second-order valence-electron chi connectivity index (χ2n) is 4.28. The molecule has 0 aromatic rings. The minimum Gasteiger partial charge on any atom is -0.350 e.